The molecule has 3 heterocycles. The first-order valence-electron chi connectivity index (χ1n) is 11.0. The second kappa shape index (κ2) is 9.04. The number of halogens is 2. The Morgan fingerprint density at radius 1 is 1.03 bits per heavy atom. The van der Waals surface area contributed by atoms with Crippen LogP contribution in [0, 0.1) is 5.82 Å². The van der Waals surface area contributed by atoms with E-state index in [9.17, 15) is 9.18 Å². The predicted molar refractivity (Wildman–Crippen MR) is 135 cm³/mol. The number of aryl methyl sites for hydroxylation is 1. The van der Waals surface area contributed by atoms with Crippen LogP contribution in [0.4, 0.5) is 21.7 Å². The van der Waals surface area contributed by atoms with E-state index in [1.54, 1.807) is 23.9 Å². The minimum atomic E-state index is -0.553. The Balaban J connectivity index is 1.43. The predicted octanol–water partition coefficient (Wildman–Crippen LogP) is 4.28. The van der Waals surface area contributed by atoms with Gasteiger partial charge in [0.2, 0.25) is 11.4 Å². The Bertz CT molecular complexity index is 1390. The zero-order valence-electron chi connectivity index (χ0n) is 18.9. The highest BCUT2D eigenvalue weighted by Gasteiger charge is 2.18. The molecule has 0 amide bonds. The smallest absolute Gasteiger partial charge is 0.229 e. The fourth-order valence-electron chi connectivity index (χ4n) is 4.20. The zero-order chi connectivity index (χ0) is 23.8. The molecule has 0 saturated carbocycles. The number of hydrogen-bond donors (Lipinski definition) is 1. The molecule has 1 fully saturated rings. The summed E-state index contributed by atoms with van der Waals surface area (Å²) in [5.74, 6) is -0.185. The average Bonchev–Trinajstić information content (AvgIpc) is 2.83. The molecule has 174 valence electrons. The first-order chi connectivity index (χ1) is 16.4. The van der Waals surface area contributed by atoms with Crippen LogP contribution in [0.15, 0.2) is 59.7 Å². The lowest BCUT2D eigenvalue weighted by atomic mass is 10.1. The van der Waals surface area contributed by atoms with Crippen LogP contribution in [-0.2, 0) is 7.05 Å². The van der Waals surface area contributed by atoms with Crippen molar-refractivity contribution in [2.45, 2.75) is 0 Å². The van der Waals surface area contributed by atoms with Crippen molar-refractivity contribution in [3.8, 4) is 11.1 Å². The molecular weight excluding hydrogens is 455 g/mol. The number of anilines is 3. The molecule has 0 spiro atoms. The number of piperazine rings is 1. The topological polar surface area (TPSA) is 66.3 Å². The van der Waals surface area contributed by atoms with Crippen LogP contribution in [0.2, 0.25) is 5.02 Å². The number of pyridine rings is 1. The highest BCUT2D eigenvalue weighted by atomic mass is 35.5. The Morgan fingerprint density at radius 2 is 1.76 bits per heavy atom. The molecule has 0 unspecified atom stereocenters. The maximum Gasteiger partial charge on any atom is 0.229 e. The van der Waals surface area contributed by atoms with Gasteiger partial charge in [0.05, 0.1) is 16.0 Å². The lowest BCUT2D eigenvalue weighted by molar-refractivity contribution is 0.313. The van der Waals surface area contributed by atoms with Crippen LogP contribution in [0.3, 0.4) is 0 Å². The first kappa shape index (κ1) is 22.3. The summed E-state index contributed by atoms with van der Waals surface area (Å²) in [5.41, 5.74) is 2.34. The minimum Gasteiger partial charge on any atom is -0.369 e. The number of nitrogens with zero attached hydrogens (tertiary/aromatic N) is 5. The largest absolute Gasteiger partial charge is 0.369 e. The van der Waals surface area contributed by atoms with Crippen LogP contribution >= 0.6 is 11.6 Å². The first-order valence-corrected chi connectivity index (χ1v) is 11.4. The molecule has 7 nitrogen and oxygen atoms in total. The summed E-state index contributed by atoms with van der Waals surface area (Å²) in [6.07, 6.45) is 3.01. The van der Waals surface area contributed by atoms with E-state index >= 15 is 0 Å². The van der Waals surface area contributed by atoms with Gasteiger partial charge in [-0.3, -0.25) is 4.79 Å². The van der Waals surface area contributed by atoms with Gasteiger partial charge in [-0.15, -0.1) is 0 Å². The summed E-state index contributed by atoms with van der Waals surface area (Å²) in [7, 11) is 3.89. The SMILES string of the molecule is CN1CCN(c2ccc(Nc3ncc4c(=O)c(-c5c(F)cccc5Cl)cn(C)c4n3)cc2)CC1. The van der Waals surface area contributed by atoms with Crippen LogP contribution in [0.1, 0.15) is 0 Å². The van der Waals surface area contributed by atoms with Crippen LogP contribution in [-0.4, -0.2) is 52.7 Å². The number of aromatic nitrogens is 3. The third-order valence-electron chi connectivity index (χ3n) is 6.14. The summed E-state index contributed by atoms with van der Waals surface area (Å²) < 4.78 is 16.1. The van der Waals surface area contributed by atoms with E-state index < -0.39 is 5.82 Å². The van der Waals surface area contributed by atoms with E-state index in [1.165, 1.54) is 24.0 Å². The van der Waals surface area contributed by atoms with Gasteiger partial charge in [0.15, 0.2) is 0 Å². The third kappa shape index (κ3) is 4.22. The van der Waals surface area contributed by atoms with Gasteiger partial charge in [-0.2, -0.15) is 4.98 Å². The second-order valence-corrected chi connectivity index (χ2v) is 8.88. The molecule has 34 heavy (non-hydrogen) atoms. The summed E-state index contributed by atoms with van der Waals surface area (Å²) >= 11 is 6.19. The number of benzene rings is 2. The normalized spacial score (nSPS) is 14.5. The quantitative estimate of drug-likeness (QED) is 0.472. The molecule has 9 heteroatoms. The Kier molecular flexibility index (Phi) is 5.93. The van der Waals surface area contributed by atoms with Gasteiger partial charge in [-0.05, 0) is 43.4 Å². The third-order valence-corrected chi connectivity index (χ3v) is 6.45. The van der Waals surface area contributed by atoms with Crippen molar-refractivity contribution in [2.75, 3.05) is 43.4 Å². The van der Waals surface area contributed by atoms with Crippen LogP contribution in [0.5, 0.6) is 0 Å². The van der Waals surface area contributed by atoms with Crippen molar-refractivity contribution in [3.05, 3.63) is 75.9 Å². The lowest BCUT2D eigenvalue weighted by Crippen LogP contribution is -2.44. The standard InChI is InChI=1S/C25H24ClFN6O/c1-31-10-12-33(13-11-31)17-8-6-16(7-9-17)29-25-28-14-18-23(34)19(15-32(2)24(18)30-25)22-20(26)4-3-5-21(22)27/h3-9,14-15H,10-13H2,1-2H3,(H,28,29,30). The maximum absolute atomic E-state index is 14.4. The Hall–Kier alpha value is -3.49. The van der Waals surface area contributed by atoms with Crippen molar-refractivity contribution in [1.82, 2.24) is 19.4 Å². The summed E-state index contributed by atoms with van der Waals surface area (Å²) in [5, 5.41) is 3.66. The molecular formula is C25H24ClFN6O. The molecule has 0 bridgehead atoms. The van der Waals surface area contributed by atoms with E-state index in [-0.39, 0.29) is 27.0 Å². The van der Waals surface area contributed by atoms with Crippen molar-refractivity contribution in [2.24, 2.45) is 7.05 Å². The van der Waals surface area contributed by atoms with Gasteiger partial charge in [0.1, 0.15) is 11.5 Å². The van der Waals surface area contributed by atoms with Crippen LogP contribution in [0.25, 0.3) is 22.2 Å². The molecule has 2 aromatic heterocycles. The molecule has 5 rings (SSSR count). The number of likely N-dealkylation sites (N-methyl/N-ethyl adjacent to an activating group) is 1. The summed E-state index contributed by atoms with van der Waals surface area (Å²) in [6, 6.07) is 12.5. The van der Waals surface area contributed by atoms with E-state index in [0.717, 1.165) is 31.9 Å². The van der Waals surface area contributed by atoms with Gasteiger partial charge < -0.3 is 19.7 Å². The fraction of sp³-hybridized carbons (Fsp3) is 0.240. The Labute approximate surface area is 201 Å². The average molecular weight is 479 g/mol. The highest BCUT2D eigenvalue weighted by Crippen LogP contribution is 2.29. The van der Waals surface area contributed by atoms with Gasteiger partial charge >= 0.3 is 0 Å². The zero-order valence-corrected chi connectivity index (χ0v) is 19.7. The number of nitrogens with one attached hydrogen (secondary N) is 1. The number of hydrogen-bond acceptors (Lipinski definition) is 6. The Morgan fingerprint density at radius 3 is 2.47 bits per heavy atom. The fourth-order valence-corrected chi connectivity index (χ4v) is 4.47. The molecule has 4 aromatic rings. The van der Waals surface area contributed by atoms with Crippen molar-refractivity contribution < 1.29 is 4.39 Å². The van der Waals surface area contributed by atoms with Crippen LogP contribution < -0.4 is 15.6 Å². The number of rotatable bonds is 4. The van der Waals surface area contributed by atoms with Gasteiger partial charge in [0, 0.05) is 62.6 Å². The molecule has 0 radical (unpaired) electrons. The molecule has 2 aromatic carbocycles. The van der Waals surface area contributed by atoms with Crippen molar-refractivity contribution >= 4 is 40.0 Å². The highest BCUT2D eigenvalue weighted by molar-refractivity contribution is 6.33. The van der Waals surface area contributed by atoms with Crippen molar-refractivity contribution in [1.29, 1.82) is 0 Å². The number of fused-ring (bicyclic) bond motifs is 1. The van der Waals surface area contributed by atoms with E-state index in [4.69, 9.17) is 11.6 Å². The monoisotopic (exact) mass is 478 g/mol. The minimum absolute atomic E-state index is 0.0781. The molecule has 0 aliphatic carbocycles. The second-order valence-electron chi connectivity index (χ2n) is 8.47. The van der Waals surface area contributed by atoms with Gasteiger partial charge in [0.25, 0.3) is 0 Å². The molecule has 1 N–H and O–H groups in total. The van der Waals surface area contributed by atoms with Gasteiger partial charge in [-0.25, -0.2) is 9.37 Å². The molecule has 1 aliphatic heterocycles. The maximum atomic E-state index is 14.4. The summed E-state index contributed by atoms with van der Waals surface area (Å²) in [6.45, 7) is 4.11. The van der Waals surface area contributed by atoms with E-state index in [1.807, 2.05) is 12.1 Å². The lowest BCUT2D eigenvalue weighted by Gasteiger charge is -2.34. The van der Waals surface area contributed by atoms with E-state index in [0.29, 0.717) is 11.6 Å². The molecule has 1 aliphatic rings. The van der Waals surface area contributed by atoms with Gasteiger partial charge in [-0.1, -0.05) is 17.7 Å². The van der Waals surface area contributed by atoms with E-state index in [2.05, 4.69) is 44.3 Å². The summed E-state index contributed by atoms with van der Waals surface area (Å²) in [4.78, 5) is 26.7. The molecule has 1 saturated heterocycles. The van der Waals surface area contributed by atoms with Crippen molar-refractivity contribution in [3.63, 3.8) is 0 Å². The molecule has 0 atom stereocenters.